The predicted molar refractivity (Wildman–Crippen MR) is 203 cm³/mol. The maximum atomic E-state index is 4.99. The first-order valence-electron chi connectivity index (χ1n) is 16.5. The Bertz CT molecular complexity index is 2850. The van der Waals surface area contributed by atoms with E-state index in [1.54, 1.807) is 0 Å². The van der Waals surface area contributed by atoms with E-state index in [2.05, 4.69) is 140 Å². The van der Waals surface area contributed by atoms with Gasteiger partial charge >= 0.3 is 0 Å². The van der Waals surface area contributed by atoms with Gasteiger partial charge in [-0.05, 0) is 78.8 Å². The van der Waals surface area contributed by atoms with Gasteiger partial charge in [-0.2, -0.15) is 9.50 Å². The van der Waals surface area contributed by atoms with Crippen molar-refractivity contribution < 1.29 is 0 Å². The van der Waals surface area contributed by atoms with Gasteiger partial charge < -0.3 is 0 Å². The van der Waals surface area contributed by atoms with E-state index in [1.807, 2.05) is 34.8 Å². The molecule has 0 bridgehead atoms. The number of para-hydroxylation sites is 1. The molecule has 8 aromatic carbocycles. The van der Waals surface area contributed by atoms with Gasteiger partial charge in [0.05, 0.1) is 11.2 Å². The van der Waals surface area contributed by atoms with Crippen molar-refractivity contribution in [2.75, 3.05) is 0 Å². The summed E-state index contributed by atoms with van der Waals surface area (Å²) in [4.78, 5) is 9.93. The molecular formula is C45H28N4. The Morgan fingerprint density at radius 2 is 0.816 bits per heavy atom. The third kappa shape index (κ3) is 4.49. The largest absolute Gasteiger partial charge is 0.253 e. The van der Waals surface area contributed by atoms with Crippen LogP contribution in [0.2, 0.25) is 0 Å². The molecule has 0 aliphatic heterocycles. The van der Waals surface area contributed by atoms with E-state index in [4.69, 9.17) is 15.1 Å². The van der Waals surface area contributed by atoms with Crippen LogP contribution in [0.15, 0.2) is 170 Å². The third-order valence-electron chi connectivity index (χ3n) is 9.63. The van der Waals surface area contributed by atoms with E-state index in [9.17, 15) is 0 Å². The van der Waals surface area contributed by atoms with E-state index < -0.39 is 0 Å². The van der Waals surface area contributed by atoms with Crippen LogP contribution in [0, 0.1) is 0 Å². The zero-order valence-electron chi connectivity index (χ0n) is 26.5. The lowest BCUT2D eigenvalue weighted by Crippen LogP contribution is -1.97. The molecule has 2 aromatic heterocycles. The van der Waals surface area contributed by atoms with Crippen LogP contribution in [-0.4, -0.2) is 19.6 Å². The summed E-state index contributed by atoms with van der Waals surface area (Å²) in [5.41, 5.74) is 8.51. The first kappa shape index (κ1) is 27.5. The molecule has 0 saturated heterocycles. The van der Waals surface area contributed by atoms with Crippen LogP contribution < -0.4 is 0 Å². The molecule has 0 aliphatic rings. The molecule has 0 saturated carbocycles. The van der Waals surface area contributed by atoms with Gasteiger partial charge in [0.25, 0.3) is 5.78 Å². The van der Waals surface area contributed by atoms with Crippen LogP contribution in [0.4, 0.5) is 0 Å². The number of fused-ring (bicyclic) bond motifs is 9. The molecule has 0 atom stereocenters. The zero-order valence-corrected chi connectivity index (χ0v) is 26.5. The minimum Gasteiger partial charge on any atom is -0.210 e. The molecule has 2 heterocycles. The molecule has 10 aromatic rings. The fourth-order valence-corrected chi connectivity index (χ4v) is 7.30. The molecule has 0 unspecified atom stereocenters. The molecular weight excluding hydrogens is 597 g/mol. The van der Waals surface area contributed by atoms with Crippen molar-refractivity contribution in [3.63, 3.8) is 0 Å². The Kier molecular flexibility index (Phi) is 6.15. The summed E-state index contributed by atoms with van der Waals surface area (Å²) < 4.78 is 1.86. The second-order valence-corrected chi connectivity index (χ2v) is 12.5. The van der Waals surface area contributed by atoms with E-state index in [-0.39, 0.29) is 0 Å². The van der Waals surface area contributed by atoms with Crippen LogP contribution in [-0.2, 0) is 0 Å². The Balaban J connectivity index is 1.06. The minimum atomic E-state index is 0.580. The normalized spacial score (nSPS) is 11.7. The molecule has 0 radical (unpaired) electrons. The van der Waals surface area contributed by atoms with Crippen LogP contribution >= 0.6 is 0 Å². The maximum Gasteiger partial charge on any atom is 0.253 e. The van der Waals surface area contributed by atoms with Crippen molar-refractivity contribution in [2.24, 2.45) is 0 Å². The quantitative estimate of drug-likeness (QED) is 0.183. The van der Waals surface area contributed by atoms with E-state index in [0.29, 0.717) is 11.6 Å². The molecule has 49 heavy (non-hydrogen) atoms. The van der Waals surface area contributed by atoms with Gasteiger partial charge in [-0.25, -0.2) is 4.98 Å². The highest BCUT2D eigenvalue weighted by Crippen LogP contribution is 2.38. The van der Waals surface area contributed by atoms with Crippen molar-refractivity contribution in [3.8, 4) is 44.9 Å². The summed E-state index contributed by atoms with van der Waals surface area (Å²) in [5, 5.41) is 13.7. The average molecular weight is 625 g/mol. The Morgan fingerprint density at radius 1 is 0.327 bits per heavy atom. The maximum absolute atomic E-state index is 4.99. The van der Waals surface area contributed by atoms with E-state index in [0.717, 1.165) is 38.9 Å². The van der Waals surface area contributed by atoms with Crippen molar-refractivity contribution in [1.29, 1.82) is 0 Å². The Labute approximate surface area is 282 Å². The van der Waals surface area contributed by atoms with Crippen LogP contribution in [0.1, 0.15) is 0 Å². The number of hydrogen-bond donors (Lipinski definition) is 0. The summed E-state index contributed by atoms with van der Waals surface area (Å²) in [6.45, 7) is 0. The first-order valence-corrected chi connectivity index (χ1v) is 16.5. The van der Waals surface area contributed by atoms with Crippen LogP contribution in [0.5, 0.6) is 0 Å². The molecule has 0 aliphatic carbocycles. The predicted octanol–water partition coefficient (Wildman–Crippen LogP) is 11.4. The number of aromatic nitrogens is 4. The SMILES string of the molecule is c1ccc(-c2nc3nc(-c4cccc(-c5cccc(-c6ccc7c8ccccc8c8ccccc8c7c6)c5)c4)nn3c3ccccc23)cc1. The Morgan fingerprint density at radius 3 is 1.49 bits per heavy atom. The Hall–Kier alpha value is -6.65. The fraction of sp³-hybridized carbons (Fsp3) is 0. The number of nitrogens with zero attached hydrogens (tertiary/aromatic N) is 4. The van der Waals surface area contributed by atoms with Gasteiger partial charge in [-0.3, -0.25) is 0 Å². The number of benzene rings is 8. The summed E-state index contributed by atoms with van der Waals surface area (Å²) >= 11 is 0. The van der Waals surface area contributed by atoms with Gasteiger partial charge in [-0.1, -0.05) is 146 Å². The molecule has 0 fully saturated rings. The van der Waals surface area contributed by atoms with Crippen LogP contribution in [0.3, 0.4) is 0 Å². The molecule has 0 N–H and O–H groups in total. The lowest BCUT2D eigenvalue weighted by Gasteiger charge is -2.12. The lowest BCUT2D eigenvalue weighted by molar-refractivity contribution is 0.989. The first-order chi connectivity index (χ1) is 24.3. The molecule has 0 spiro atoms. The monoisotopic (exact) mass is 624 g/mol. The van der Waals surface area contributed by atoms with Crippen LogP contribution in [0.25, 0.3) is 93.9 Å². The van der Waals surface area contributed by atoms with Gasteiger partial charge in [0, 0.05) is 16.5 Å². The molecule has 4 heteroatoms. The minimum absolute atomic E-state index is 0.580. The lowest BCUT2D eigenvalue weighted by atomic mass is 9.91. The molecule has 0 amide bonds. The topological polar surface area (TPSA) is 43.1 Å². The second kappa shape index (κ2) is 11.0. The van der Waals surface area contributed by atoms with Crippen molar-refractivity contribution >= 4 is 49.0 Å². The van der Waals surface area contributed by atoms with E-state index in [1.165, 1.54) is 43.4 Å². The number of rotatable bonds is 4. The van der Waals surface area contributed by atoms with E-state index >= 15 is 0 Å². The van der Waals surface area contributed by atoms with Crippen molar-refractivity contribution in [1.82, 2.24) is 19.6 Å². The van der Waals surface area contributed by atoms with Gasteiger partial charge in [-0.15, -0.1) is 5.10 Å². The standard InChI is InChI=1S/C45H28N4/c1-2-12-29(13-3-1)43-40-22-8-9-23-42(40)49-45(46-43)47-44(48-49)34-17-11-16-32(27-34)30-14-10-15-31(26-30)33-24-25-39-37-20-5-4-18-35(37)36-19-6-7-21-38(36)41(39)28-33/h1-28H. The van der Waals surface area contributed by atoms with Gasteiger partial charge in [0.15, 0.2) is 5.82 Å². The van der Waals surface area contributed by atoms with Crippen molar-refractivity contribution in [2.45, 2.75) is 0 Å². The summed E-state index contributed by atoms with van der Waals surface area (Å²) in [5.74, 6) is 1.23. The molecule has 228 valence electrons. The van der Waals surface area contributed by atoms with Gasteiger partial charge in [0.1, 0.15) is 0 Å². The number of hydrogen-bond acceptors (Lipinski definition) is 3. The highest BCUT2D eigenvalue weighted by atomic mass is 15.3. The smallest absolute Gasteiger partial charge is 0.210 e. The second-order valence-electron chi connectivity index (χ2n) is 12.5. The van der Waals surface area contributed by atoms with Gasteiger partial charge in [0.2, 0.25) is 0 Å². The summed E-state index contributed by atoms with van der Waals surface area (Å²) in [6.07, 6.45) is 0. The summed E-state index contributed by atoms with van der Waals surface area (Å²) in [6, 6.07) is 60.1. The highest BCUT2D eigenvalue weighted by Gasteiger charge is 2.16. The third-order valence-corrected chi connectivity index (χ3v) is 9.63. The fourth-order valence-electron chi connectivity index (χ4n) is 7.30. The molecule has 4 nitrogen and oxygen atoms in total. The highest BCUT2D eigenvalue weighted by molar-refractivity contribution is 6.25. The average Bonchev–Trinajstić information content (AvgIpc) is 3.63. The zero-order chi connectivity index (χ0) is 32.3. The molecule has 10 rings (SSSR count). The summed E-state index contributed by atoms with van der Waals surface area (Å²) in [7, 11) is 0. The van der Waals surface area contributed by atoms with Crippen molar-refractivity contribution in [3.05, 3.63) is 170 Å².